The number of likely N-dealkylation sites (N-methyl/N-ethyl adjacent to an activating group) is 1. The van der Waals surface area contributed by atoms with Crippen molar-refractivity contribution in [2.75, 3.05) is 20.2 Å². The van der Waals surface area contributed by atoms with Crippen LogP contribution in [0.1, 0.15) is 23.2 Å². The summed E-state index contributed by atoms with van der Waals surface area (Å²) in [7, 11) is 1.98. The molecule has 0 aliphatic heterocycles. The summed E-state index contributed by atoms with van der Waals surface area (Å²) in [5.41, 5.74) is -0.421. The van der Waals surface area contributed by atoms with Gasteiger partial charge in [0.2, 0.25) is 0 Å². The fourth-order valence-corrected chi connectivity index (χ4v) is 1.67. The third-order valence-corrected chi connectivity index (χ3v) is 2.94. The fourth-order valence-electron chi connectivity index (χ4n) is 1.67. The van der Waals surface area contributed by atoms with Gasteiger partial charge in [0.05, 0.1) is 0 Å². The van der Waals surface area contributed by atoms with Crippen LogP contribution in [0.25, 0.3) is 0 Å². The SMILES string of the molecule is CN(CCOc1nccc(C(=O)O)c1F)C1CC1. The molecular formula is C12H15FN2O3. The Hall–Kier alpha value is -1.69. The number of hydrogen-bond donors (Lipinski definition) is 1. The topological polar surface area (TPSA) is 62.7 Å². The molecule has 5 nitrogen and oxygen atoms in total. The average molecular weight is 254 g/mol. The lowest BCUT2D eigenvalue weighted by atomic mass is 10.2. The molecule has 0 bridgehead atoms. The zero-order valence-corrected chi connectivity index (χ0v) is 10.1. The van der Waals surface area contributed by atoms with E-state index in [9.17, 15) is 9.18 Å². The van der Waals surface area contributed by atoms with E-state index in [0.29, 0.717) is 19.2 Å². The Balaban J connectivity index is 1.92. The average Bonchev–Trinajstić information content (AvgIpc) is 3.14. The molecule has 18 heavy (non-hydrogen) atoms. The summed E-state index contributed by atoms with van der Waals surface area (Å²) in [5, 5.41) is 8.75. The number of aromatic carboxylic acids is 1. The molecule has 6 heteroatoms. The first-order chi connectivity index (χ1) is 8.59. The number of hydrogen-bond acceptors (Lipinski definition) is 4. The second-order valence-electron chi connectivity index (χ2n) is 4.34. The number of aromatic nitrogens is 1. The lowest BCUT2D eigenvalue weighted by Crippen LogP contribution is -2.26. The first-order valence-electron chi connectivity index (χ1n) is 5.80. The summed E-state index contributed by atoms with van der Waals surface area (Å²) < 4.78 is 18.8. The lowest BCUT2D eigenvalue weighted by Gasteiger charge is -2.15. The number of nitrogens with zero attached hydrogens (tertiary/aromatic N) is 2. The molecule has 1 aliphatic rings. The highest BCUT2D eigenvalue weighted by molar-refractivity contribution is 5.88. The number of pyridine rings is 1. The summed E-state index contributed by atoms with van der Waals surface area (Å²) in [5.74, 6) is -2.49. The molecule has 0 spiro atoms. The van der Waals surface area contributed by atoms with E-state index < -0.39 is 17.3 Å². The van der Waals surface area contributed by atoms with E-state index in [2.05, 4.69) is 9.88 Å². The van der Waals surface area contributed by atoms with Crippen molar-refractivity contribution in [3.63, 3.8) is 0 Å². The quantitative estimate of drug-likeness (QED) is 0.831. The summed E-state index contributed by atoms with van der Waals surface area (Å²) >= 11 is 0. The molecule has 1 saturated carbocycles. The van der Waals surface area contributed by atoms with Gasteiger partial charge in [0, 0.05) is 18.8 Å². The molecule has 1 heterocycles. The standard InChI is InChI=1S/C12H15FN2O3/c1-15(8-2-3-8)6-7-18-11-10(13)9(12(16)17)4-5-14-11/h4-5,8H,2-3,6-7H2,1H3,(H,16,17). The Morgan fingerprint density at radius 1 is 1.67 bits per heavy atom. The second-order valence-corrected chi connectivity index (χ2v) is 4.34. The molecule has 0 aromatic carbocycles. The maximum Gasteiger partial charge on any atom is 0.338 e. The molecule has 2 rings (SSSR count). The first-order valence-corrected chi connectivity index (χ1v) is 5.80. The van der Waals surface area contributed by atoms with Crippen LogP contribution in [-0.2, 0) is 0 Å². The number of halogens is 1. The van der Waals surface area contributed by atoms with Crippen LogP contribution in [-0.4, -0.2) is 47.2 Å². The van der Waals surface area contributed by atoms with Gasteiger partial charge >= 0.3 is 5.97 Å². The number of carbonyl (C=O) groups is 1. The molecule has 1 N–H and O–H groups in total. The summed E-state index contributed by atoms with van der Waals surface area (Å²) in [6.07, 6.45) is 3.61. The third-order valence-electron chi connectivity index (χ3n) is 2.94. The van der Waals surface area contributed by atoms with E-state index in [-0.39, 0.29) is 5.88 Å². The minimum atomic E-state index is -1.32. The molecule has 0 saturated heterocycles. The highest BCUT2D eigenvalue weighted by Gasteiger charge is 2.25. The fraction of sp³-hybridized carbons (Fsp3) is 0.500. The predicted molar refractivity (Wildman–Crippen MR) is 62.3 cm³/mol. The van der Waals surface area contributed by atoms with Gasteiger partial charge in [0.15, 0.2) is 5.82 Å². The molecule has 1 fully saturated rings. The highest BCUT2D eigenvalue weighted by atomic mass is 19.1. The van der Waals surface area contributed by atoms with E-state index >= 15 is 0 Å². The van der Waals surface area contributed by atoms with Gasteiger partial charge in [-0.3, -0.25) is 0 Å². The highest BCUT2D eigenvalue weighted by Crippen LogP contribution is 2.25. The Morgan fingerprint density at radius 3 is 3.00 bits per heavy atom. The van der Waals surface area contributed by atoms with Gasteiger partial charge in [-0.15, -0.1) is 0 Å². The molecule has 1 aromatic rings. The number of carboxylic acid groups (broad SMARTS) is 1. The first kappa shape index (κ1) is 12.8. The largest absolute Gasteiger partial charge is 0.478 e. The monoisotopic (exact) mass is 254 g/mol. The van der Waals surface area contributed by atoms with E-state index in [0.717, 1.165) is 6.07 Å². The van der Waals surface area contributed by atoms with Crippen molar-refractivity contribution < 1.29 is 19.0 Å². The number of ether oxygens (including phenoxy) is 1. The van der Waals surface area contributed by atoms with Gasteiger partial charge in [0.25, 0.3) is 5.88 Å². The van der Waals surface area contributed by atoms with Crippen LogP contribution in [0.15, 0.2) is 12.3 Å². The van der Waals surface area contributed by atoms with E-state index in [1.165, 1.54) is 19.0 Å². The van der Waals surface area contributed by atoms with Gasteiger partial charge in [-0.05, 0) is 26.0 Å². The second kappa shape index (κ2) is 5.30. The molecule has 0 unspecified atom stereocenters. The zero-order chi connectivity index (χ0) is 13.1. The van der Waals surface area contributed by atoms with Crippen LogP contribution in [0, 0.1) is 5.82 Å². The van der Waals surface area contributed by atoms with E-state index in [1.54, 1.807) is 0 Å². The van der Waals surface area contributed by atoms with Crippen molar-refractivity contribution in [1.82, 2.24) is 9.88 Å². The summed E-state index contributed by atoms with van der Waals surface area (Å²) in [6, 6.07) is 1.72. The van der Waals surface area contributed by atoms with Crippen molar-refractivity contribution in [2.45, 2.75) is 18.9 Å². The zero-order valence-electron chi connectivity index (χ0n) is 10.1. The van der Waals surface area contributed by atoms with Crippen LogP contribution in [0.5, 0.6) is 5.88 Å². The van der Waals surface area contributed by atoms with Crippen LogP contribution in [0.2, 0.25) is 0 Å². The Bertz CT molecular complexity index is 449. The van der Waals surface area contributed by atoms with Crippen molar-refractivity contribution in [3.05, 3.63) is 23.6 Å². The summed E-state index contributed by atoms with van der Waals surface area (Å²) in [4.78, 5) is 16.6. The van der Waals surface area contributed by atoms with Gasteiger partial charge < -0.3 is 14.7 Å². The van der Waals surface area contributed by atoms with Gasteiger partial charge in [-0.2, -0.15) is 0 Å². The molecule has 1 aromatic heterocycles. The van der Waals surface area contributed by atoms with Crippen LogP contribution in [0.4, 0.5) is 4.39 Å². The van der Waals surface area contributed by atoms with Gasteiger partial charge in [-0.25, -0.2) is 14.2 Å². The molecule has 98 valence electrons. The maximum atomic E-state index is 13.6. The predicted octanol–water partition coefficient (Wildman–Crippen LogP) is 1.39. The van der Waals surface area contributed by atoms with E-state index in [4.69, 9.17) is 9.84 Å². The molecule has 0 radical (unpaired) electrons. The number of carboxylic acids is 1. The molecule has 0 amide bonds. The van der Waals surface area contributed by atoms with Crippen molar-refractivity contribution in [2.24, 2.45) is 0 Å². The van der Waals surface area contributed by atoms with Crippen molar-refractivity contribution in [3.8, 4) is 5.88 Å². The van der Waals surface area contributed by atoms with Crippen molar-refractivity contribution >= 4 is 5.97 Å². The van der Waals surface area contributed by atoms with Crippen LogP contribution >= 0.6 is 0 Å². The normalized spacial score (nSPS) is 14.8. The van der Waals surface area contributed by atoms with Crippen molar-refractivity contribution in [1.29, 1.82) is 0 Å². The van der Waals surface area contributed by atoms with E-state index in [1.807, 2.05) is 7.05 Å². The van der Waals surface area contributed by atoms with Gasteiger partial charge in [-0.1, -0.05) is 0 Å². The molecule has 0 atom stereocenters. The Kier molecular flexibility index (Phi) is 3.76. The Morgan fingerprint density at radius 2 is 2.39 bits per heavy atom. The third kappa shape index (κ3) is 2.95. The number of rotatable bonds is 6. The molecule has 1 aliphatic carbocycles. The smallest absolute Gasteiger partial charge is 0.338 e. The Labute approximate surface area is 104 Å². The van der Waals surface area contributed by atoms with Crippen LogP contribution in [0.3, 0.4) is 0 Å². The lowest BCUT2D eigenvalue weighted by molar-refractivity contribution is 0.0690. The minimum absolute atomic E-state index is 0.251. The molecular weight excluding hydrogens is 239 g/mol. The van der Waals surface area contributed by atoms with Gasteiger partial charge in [0.1, 0.15) is 12.2 Å². The minimum Gasteiger partial charge on any atom is -0.478 e. The maximum absolute atomic E-state index is 13.6. The summed E-state index contributed by atoms with van der Waals surface area (Å²) in [6.45, 7) is 0.961. The van der Waals surface area contributed by atoms with Crippen LogP contribution < -0.4 is 4.74 Å².